The molecule has 0 saturated heterocycles. The highest BCUT2D eigenvalue weighted by Gasteiger charge is 2.24. The van der Waals surface area contributed by atoms with Crippen LogP contribution < -0.4 is 10.5 Å². The van der Waals surface area contributed by atoms with Crippen LogP contribution in [0.5, 0.6) is 0 Å². The fourth-order valence-corrected chi connectivity index (χ4v) is 3.66. The Balaban J connectivity index is 1.90. The first kappa shape index (κ1) is 14.3. The molecule has 4 N–H and O–H groups in total. The summed E-state index contributed by atoms with van der Waals surface area (Å²) in [6.07, 6.45) is 2.03. The monoisotopic (exact) mass is 284 g/mol. The van der Waals surface area contributed by atoms with Gasteiger partial charge in [-0.3, -0.25) is 0 Å². The van der Waals surface area contributed by atoms with Crippen molar-refractivity contribution < 1.29 is 13.5 Å². The zero-order chi connectivity index (χ0) is 13.9. The Labute approximate surface area is 113 Å². The number of hydrogen-bond donors (Lipinski definition) is 3. The lowest BCUT2D eigenvalue weighted by Gasteiger charge is -2.12. The average molecular weight is 284 g/mol. The maximum absolute atomic E-state index is 12.0. The summed E-state index contributed by atoms with van der Waals surface area (Å²) < 4.78 is 26.5. The fourth-order valence-electron chi connectivity index (χ4n) is 2.40. The van der Waals surface area contributed by atoms with Gasteiger partial charge in [0.15, 0.2) is 0 Å². The Hall–Kier alpha value is -1.11. The predicted octanol–water partition coefficient (Wildman–Crippen LogP) is 0.849. The van der Waals surface area contributed by atoms with Crippen LogP contribution in [0.4, 0.5) is 5.69 Å². The van der Waals surface area contributed by atoms with Crippen molar-refractivity contribution in [1.29, 1.82) is 0 Å². The molecular weight excluding hydrogens is 264 g/mol. The van der Waals surface area contributed by atoms with Crippen LogP contribution in [0.3, 0.4) is 0 Å². The number of aliphatic hydroxyl groups is 1. The first-order valence-corrected chi connectivity index (χ1v) is 8.10. The van der Waals surface area contributed by atoms with Crippen molar-refractivity contribution in [2.24, 2.45) is 5.92 Å². The topological polar surface area (TPSA) is 92.4 Å². The summed E-state index contributed by atoms with van der Waals surface area (Å²) >= 11 is 0. The summed E-state index contributed by atoms with van der Waals surface area (Å²) in [7, 11) is -3.37. The minimum Gasteiger partial charge on any atom is -0.398 e. The number of benzene rings is 1. The Morgan fingerprint density at radius 1 is 1.32 bits per heavy atom. The van der Waals surface area contributed by atoms with E-state index in [1.54, 1.807) is 24.3 Å². The Morgan fingerprint density at radius 2 is 2.05 bits per heavy atom. The van der Waals surface area contributed by atoms with Gasteiger partial charge in [0.05, 0.1) is 11.9 Å². The summed E-state index contributed by atoms with van der Waals surface area (Å²) in [4.78, 5) is 0. The van der Waals surface area contributed by atoms with Crippen molar-refractivity contribution in [1.82, 2.24) is 4.72 Å². The Morgan fingerprint density at radius 3 is 2.68 bits per heavy atom. The van der Waals surface area contributed by atoms with Crippen molar-refractivity contribution in [3.8, 4) is 0 Å². The largest absolute Gasteiger partial charge is 0.398 e. The van der Waals surface area contributed by atoms with Gasteiger partial charge in [-0.05, 0) is 36.8 Å². The average Bonchev–Trinajstić information content (AvgIpc) is 2.76. The van der Waals surface area contributed by atoms with E-state index in [2.05, 4.69) is 4.72 Å². The van der Waals surface area contributed by atoms with E-state index in [9.17, 15) is 13.5 Å². The summed E-state index contributed by atoms with van der Waals surface area (Å²) in [5, 5.41) is 9.41. The van der Waals surface area contributed by atoms with Gasteiger partial charge in [-0.1, -0.05) is 18.2 Å². The Kier molecular flexibility index (Phi) is 4.44. The molecule has 0 heterocycles. The lowest BCUT2D eigenvalue weighted by molar-refractivity contribution is 0.178. The summed E-state index contributed by atoms with van der Waals surface area (Å²) in [6.45, 7) is 0.395. The van der Waals surface area contributed by atoms with Gasteiger partial charge in [0.2, 0.25) is 10.0 Å². The molecular formula is C13H20N2O3S. The number of nitrogens with two attached hydrogens (primary N) is 1. The van der Waals surface area contributed by atoms with Gasteiger partial charge in [-0.2, -0.15) is 0 Å². The second kappa shape index (κ2) is 5.90. The van der Waals surface area contributed by atoms with Crippen LogP contribution in [0.2, 0.25) is 0 Å². The van der Waals surface area contributed by atoms with Gasteiger partial charge < -0.3 is 10.8 Å². The van der Waals surface area contributed by atoms with Crippen LogP contribution in [-0.2, 0) is 15.8 Å². The molecule has 1 aliphatic rings. The molecule has 1 fully saturated rings. The number of sulfonamides is 1. The highest BCUT2D eigenvalue weighted by Crippen LogP contribution is 2.24. The SMILES string of the molecule is Nc1ccccc1CS(=O)(=O)NCC1CCC(O)C1. The van der Waals surface area contributed by atoms with E-state index in [-0.39, 0.29) is 17.8 Å². The van der Waals surface area contributed by atoms with Crippen molar-refractivity contribution in [3.05, 3.63) is 29.8 Å². The molecule has 1 aliphatic carbocycles. The molecule has 6 heteroatoms. The van der Waals surface area contributed by atoms with Crippen LogP contribution in [0.25, 0.3) is 0 Å². The molecule has 2 unspecified atom stereocenters. The molecule has 1 aromatic rings. The summed E-state index contributed by atoms with van der Waals surface area (Å²) in [5.41, 5.74) is 6.84. The number of anilines is 1. The van der Waals surface area contributed by atoms with Gasteiger partial charge >= 0.3 is 0 Å². The number of hydrogen-bond acceptors (Lipinski definition) is 4. The highest BCUT2D eigenvalue weighted by molar-refractivity contribution is 7.88. The highest BCUT2D eigenvalue weighted by atomic mass is 32.2. The molecule has 1 saturated carbocycles. The van der Waals surface area contributed by atoms with Crippen LogP contribution >= 0.6 is 0 Å². The van der Waals surface area contributed by atoms with Gasteiger partial charge in [-0.25, -0.2) is 13.1 Å². The van der Waals surface area contributed by atoms with E-state index in [1.165, 1.54) is 0 Å². The smallest absolute Gasteiger partial charge is 0.215 e. The molecule has 19 heavy (non-hydrogen) atoms. The first-order chi connectivity index (χ1) is 8.96. The zero-order valence-corrected chi connectivity index (χ0v) is 11.6. The van der Waals surface area contributed by atoms with Crippen LogP contribution in [0.15, 0.2) is 24.3 Å². The number of nitrogens with one attached hydrogen (secondary N) is 1. The quantitative estimate of drug-likeness (QED) is 0.699. The molecule has 0 spiro atoms. The van der Waals surface area contributed by atoms with Gasteiger partial charge in [0.1, 0.15) is 0 Å². The molecule has 2 rings (SSSR count). The second-order valence-electron chi connectivity index (χ2n) is 5.14. The molecule has 0 amide bonds. The lowest BCUT2D eigenvalue weighted by atomic mass is 10.1. The third kappa shape index (κ3) is 4.19. The molecule has 5 nitrogen and oxygen atoms in total. The van der Waals surface area contributed by atoms with E-state index < -0.39 is 10.0 Å². The number of nitrogen functional groups attached to an aromatic ring is 1. The molecule has 0 aliphatic heterocycles. The molecule has 106 valence electrons. The third-order valence-corrected chi connectivity index (χ3v) is 4.80. The number of aliphatic hydroxyl groups excluding tert-OH is 1. The second-order valence-corrected chi connectivity index (χ2v) is 6.95. The standard InChI is InChI=1S/C13H20N2O3S/c14-13-4-2-1-3-11(13)9-19(17,18)15-8-10-5-6-12(16)7-10/h1-4,10,12,15-16H,5-9,14H2. The van der Waals surface area contributed by atoms with Crippen molar-refractivity contribution in [2.75, 3.05) is 12.3 Å². The minimum absolute atomic E-state index is 0.102. The summed E-state index contributed by atoms with van der Waals surface area (Å²) in [5.74, 6) is 0.132. The number of rotatable bonds is 5. The first-order valence-electron chi connectivity index (χ1n) is 6.45. The van der Waals surface area contributed by atoms with E-state index in [1.807, 2.05) is 0 Å². The van der Waals surface area contributed by atoms with E-state index >= 15 is 0 Å². The molecule has 0 aromatic heterocycles. The van der Waals surface area contributed by atoms with Crippen LogP contribution in [0.1, 0.15) is 24.8 Å². The molecule has 0 bridgehead atoms. The molecule has 1 aromatic carbocycles. The molecule has 2 atom stereocenters. The Bertz CT molecular complexity index is 530. The van der Waals surface area contributed by atoms with Gasteiger partial charge in [0, 0.05) is 12.2 Å². The lowest BCUT2D eigenvalue weighted by Crippen LogP contribution is -2.30. The van der Waals surface area contributed by atoms with Gasteiger partial charge in [0.25, 0.3) is 0 Å². The molecule has 0 radical (unpaired) electrons. The van der Waals surface area contributed by atoms with Crippen molar-refractivity contribution in [3.63, 3.8) is 0 Å². The maximum atomic E-state index is 12.0. The van der Waals surface area contributed by atoms with Crippen molar-refractivity contribution >= 4 is 15.7 Å². The van der Waals surface area contributed by atoms with E-state index in [0.29, 0.717) is 24.2 Å². The normalized spacial score (nSPS) is 23.6. The predicted molar refractivity (Wildman–Crippen MR) is 74.8 cm³/mol. The third-order valence-electron chi connectivity index (χ3n) is 3.51. The van der Waals surface area contributed by atoms with Crippen molar-refractivity contribution in [2.45, 2.75) is 31.1 Å². The van der Waals surface area contributed by atoms with Crippen LogP contribution in [0, 0.1) is 5.92 Å². The maximum Gasteiger partial charge on any atom is 0.215 e. The minimum atomic E-state index is -3.37. The summed E-state index contributed by atoms with van der Waals surface area (Å²) in [6, 6.07) is 6.96. The van der Waals surface area contributed by atoms with Crippen LogP contribution in [-0.4, -0.2) is 26.2 Å². The number of para-hydroxylation sites is 1. The van der Waals surface area contributed by atoms with Gasteiger partial charge in [-0.15, -0.1) is 0 Å². The zero-order valence-electron chi connectivity index (χ0n) is 10.7. The van der Waals surface area contributed by atoms with E-state index in [0.717, 1.165) is 12.8 Å². The van der Waals surface area contributed by atoms with E-state index in [4.69, 9.17) is 5.73 Å². The fraction of sp³-hybridized carbons (Fsp3) is 0.538.